The molecular weight excluding hydrogens is 320 g/mol. The molecule has 0 fully saturated rings. The number of ketones is 1. The molecule has 0 aliphatic heterocycles. The van der Waals surface area contributed by atoms with Crippen molar-refractivity contribution in [3.05, 3.63) is 54.6 Å². The predicted octanol–water partition coefficient (Wildman–Crippen LogP) is 2.21. The molecule has 1 atom stereocenters. The maximum atomic E-state index is 12.5. The average Bonchev–Trinajstić information content (AvgIpc) is 2.62. The van der Waals surface area contributed by atoms with E-state index in [1.54, 1.807) is 30.3 Å². The number of aliphatic hydroxyl groups is 1. The summed E-state index contributed by atoms with van der Waals surface area (Å²) >= 11 is 0. The van der Waals surface area contributed by atoms with Crippen LogP contribution in [0, 0.1) is 0 Å². The van der Waals surface area contributed by atoms with Gasteiger partial charge in [0.05, 0.1) is 5.71 Å². The van der Waals surface area contributed by atoms with Crippen LogP contribution in [0.5, 0.6) is 0 Å². The second-order valence-corrected chi connectivity index (χ2v) is 5.69. The van der Waals surface area contributed by atoms with E-state index in [9.17, 15) is 19.5 Å². The molecule has 0 spiro atoms. The van der Waals surface area contributed by atoms with Gasteiger partial charge in [-0.1, -0.05) is 31.5 Å². The van der Waals surface area contributed by atoms with E-state index < -0.39 is 17.4 Å². The summed E-state index contributed by atoms with van der Waals surface area (Å²) in [5, 5.41) is 13.3. The van der Waals surface area contributed by atoms with E-state index in [2.05, 4.69) is 10.3 Å². The Morgan fingerprint density at radius 3 is 2.36 bits per heavy atom. The summed E-state index contributed by atoms with van der Waals surface area (Å²) in [6.07, 6.45) is 6.43. The van der Waals surface area contributed by atoms with Crippen LogP contribution in [0.4, 0.5) is 5.69 Å². The molecule has 130 valence electrons. The summed E-state index contributed by atoms with van der Waals surface area (Å²) in [6, 6.07) is 8.58. The summed E-state index contributed by atoms with van der Waals surface area (Å²) in [5.41, 5.74) is -1.57. The second kappa shape index (κ2) is 8.30. The Hall–Kier alpha value is -2.86. The molecule has 25 heavy (non-hydrogen) atoms. The molecule has 1 aliphatic rings. The van der Waals surface area contributed by atoms with Gasteiger partial charge in [0.25, 0.3) is 11.8 Å². The lowest BCUT2D eigenvalue weighted by Crippen LogP contribution is -2.49. The number of benzene rings is 1. The molecule has 2 N–H and O–H groups in total. The number of anilines is 1. The van der Waals surface area contributed by atoms with Crippen molar-refractivity contribution in [2.75, 3.05) is 5.32 Å². The smallest absolute Gasteiger partial charge is 0.288 e. The third kappa shape index (κ3) is 4.81. The topological polar surface area (TPSA) is 95.8 Å². The number of carbonyl (C=O) groups is 3. The lowest BCUT2D eigenvalue weighted by atomic mass is 9.94. The summed E-state index contributed by atoms with van der Waals surface area (Å²) in [4.78, 5) is 40.0. The van der Waals surface area contributed by atoms with Crippen molar-refractivity contribution in [2.45, 2.75) is 31.8 Å². The summed E-state index contributed by atoms with van der Waals surface area (Å²) in [6.45, 7) is 1.89. The zero-order valence-electron chi connectivity index (χ0n) is 13.9. The fourth-order valence-electron chi connectivity index (χ4n) is 2.24. The number of nitrogens with zero attached hydrogens (tertiary/aromatic N) is 1. The quantitative estimate of drug-likeness (QED) is 0.613. The molecule has 0 bridgehead atoms. The summed E-state index contributed by atoms with van der Waals surface area (Å²) < 4.78 is 0. The van der Waals surface area contributed by atoms with E-state index in [-0.39, 0.29) is 17.9 Å². The lowest BCUT2D eigenvalue weighted by molar-refractivity contribution is -0.149. The van der Waals surface area contributed by atoms with Crippen LogP contribution in [0.15, 0.2) is 59.6 Å². The highest BCUT2D eigenvalue weighted by Crippen LogP contribution is 2.20. The molecule has 0 saturated heterocycles. The van der Waals surface area contributed by atoms with Crippen molar-refractivity contribution in [2.24, 2.45) is 4.99 Å². The van der Waals surface area contributed by atoms with Crippen LogP contribution in [-0.4, -0.2) is 34.0 Å². The Bertz CT molecular complexity index is 732. The van der Waals surface area contributed by atoms with Crippen molar-refractivity contribution >= 4 is 29.0 Å². The maximum absolute atomic E-state index is 12.5. The molecule has 0 radical (unpaired) electrons. The first-order chi connectivity index (χ1) is 12.0. The van der Waals surface area contributed by atoms with Crippen molar-refractivity contribution in [3.63, 3.8) is 0 Å². The molecule has 1 unspecified atom stereocenters. The van der Waals surface area contributed by atoms with Crippen LogP contribution in [0.3, 0.4) is 0 Å². The van der Waals surface area contributed by atoms with E-state index in [4.69, 9.17) is 0 Å². The third-order valence-corrected chi connectivity index (χ3v) is 3.72. The monoisotopic (exact) mass is 340 g/mol. The van der Waals surface area contributed by atoms with Gasteiger partial charge in [-0.05, 0) is 49.3 Å². The van der Waals surface area contributed by atoms with Crippen molar-refractivity contribution in [1.29, 1.82) is 0 Å². The van der Waals surface area contributed by atoms with Crippen molar-refractivity contribution in [1.82, 2.24) is 0 Å². The van der Waals surface area contributed by atoms with E-state index in [1.165, 1.54) is 24.3 Å². The number of hydrogen-bond acceptors (Lipinski definition) is 4. The largest absolute Gasteiger partial charge is 0.372 e. The molecule has 1 aliphatic carbocycles. The summed E-state index contributed by atoms with van der Waals surface area (Å²) in [7, 11) is 0. The van der Waals surface area contributed by atoms with Crippen LogP contribution in [0.25, 0.3) is 0 Å². The Labute approximate surface area is 146 Å². The first-order valence-corrected chi connectivity index (χ1v) is 8.08. The van der Waals surface area contributed by atoms with Crippen LogP contribution >= 0.6 is 0 Å². The zero-order chi connectivity index (χ0) is 18.3. The van der Waals surface area contributed by atoms with Crippen LogP contribution < -0.4 is 5.32 Å². The number of rotatable bonds is 6. The van der Waals surface area contributed by atoms with Crippen molar-refractivity contribution in [3.8, 4) is 0 Å². The lowest BCUT2D eigenvalue weighted by Gasteiger charge is -2.23. The van der Waals surface area contributed by atoms with Crippen molar-refractivity contribution < 1.29 is 19.5 Å². The molecule has 6 heteroatoms. The Kier molecular flexibility index (Phi) is 6.14. The highest BCUT2D eigenvalue weighted by atomic mass is 16.3. The van der Waals surface area contributed by atoms with Gasteiger partial charge >= 0.3 is 0 Å². The van der Waals surface area contributed by atoms with E-state index in [1.807, 2.05) is 6.92 Å². The Balaban J connectivity index is 2.23. The van der Waals surface area contributed by atoms with Gasteiger partial charge in [-0.15, -0.1) is 0 Å². The summed E-state index contributed by atoms with van der Waals surface area (Å²) in [5.74, 6) is -1.98. The highest BCUT2D eigenvalue weighted by molar-refractivity contribution is 6.22. The van der Waals surface area contributed by atoms with Crippen LogP contribution in [0.1, 0.15) is 26.2 Å². The molecule has 2 amide bonds. The minimum Gasteiger partial charge on any atom is -0.372 e. The first-order valence-electron chi connectivity index (χ1n) is 8.08. The van der Waals surface area contributed by atoms with E-state index in [0.29, 0.717) is 18.5 Å². The van der Waals surface area contributed by atoms with Gasteiger partial charge in [0.1, 0.15) is 0 Å². The molecule has 0 aromatic heterocycles. The third-order valence-electron chi connectivity index (χ3n) is 3.72. The normalized spacial score (nSPS) is 15.6. The Morgan fingerprint density at radius 1 is 1.12 bits per heavy atom. The highest BCUT2D eigenvalue weighted by Gasteiger charge is 2.43. The fraction of sp³-hybridized carbons (Fsp3) is 0.263. The molecule has 0 saturated carbocycles. The SMILES string of the molecule is CCCCC(O)(C(=O)N=C1C=CC(=O)C=C1)C(=O)Nc1ccccc1. The molecule has 0 heterocycles. The predicted molar refractivity (Wildman–Crippen MR) is 95.3 cm³/mol. The average molecular weight is 340 g/mol. The Morgan fingerprint density at radius 2 is 1.76 bits per heavy atom. The number of carbonyl (C=O) groups excluding carboxylic acids is 3. The van der Waals surface area contributed by atoms with Crippen LogP contribution in [-0.2, 0) is 14.4 Å². The van der Waals surface area contributed by atoms with Gasteiger partial charge in [0.15, 0.2) is 5.78 Å². The van der Waals surface area contributed by atoms with Gasteiger partial charge in [-0.25, -0.2) is 4.99 Å². The maximum Gasteiger partial charge on any atom is 0.288 e. The number of unbranched alkanes of at least 4 members (excludes halogenated alkanes) is 1. The minimum absolute atomic E-state index is 0.0376. The molecule has 1 aromatic rings. The van der Waals surface area contributed by atoms with Gasteiger partial charge in [-0.3, -0.25) is 14.4 Å². The number of para-hydroxylation sites is 1. The standard InChI is InChI=1S/C19H20N2O4/c1-2-3-13-19(25,17(23)20-14-7-5-4-6-8-14)18(24)21-15-9-11-16(22)12-10-15/h4-12,25H,2-3,13H2,1H3,(H,20,23). The first kappa shape index (κ1) is 18.5. The number of amides is 2. The molecular formula is C19H20N2O4. The minimum atomic E-state index is -2.26. The molecule has 1 aromatic carbocycles. The van der Waals surface area contributed by atoms with Gasteiger partial charge in [0, 0.05) is 5.69 Å². The second-order valence-electron chi connectivity index (χ2n) is 5.69. The zero-order valence-corrected chi connectivity index (χ0v) is 13.9. The van der Waals surface area contributed by atoms with E-state index in [0.717, 1.165) is 0 Å². The van der Waals surface area contributed by atoms with Gasteiger partial charge < -0.3 is 10.4 Å². The molecule has 2 rings (SSSR count). The fourth-order valence-corrected chi connectivity index (χ4v) is 2.24. The van der Waals surface area contributed by atoms with Gasteiger partial charge in [-0.2, -0.15) is 0 Å². The molecule has 6 nitrogen and oxygen atoms in total. The van der Waals surface area contributed by atoms with E-state index >= 15 is 0 Å². The number of nitrogens with one attached hydrogen (secondary N) is 1. The number of hydrogen-bond donors (Lipinski definition) is 2. The van der Waals surface area contributed by atoms with Crippen LogP contribution in [0.2, 0.25) is 0 Å². The number of aliphatic imine (C=N–C) groups is 1. The number of allylic oxidation sites excluding steroid dienone is 4. The van der Waals surface area contributed by atoms with Gasteiger partial charge in [0.2, 0.25) is 5.60 Å².